The first-order chi connectivity index (χ1) is 13.4. The van der Waals surface area contributed by atoms with E-state index in [1.165, 1.54) is 5.69 Å². The van der Waals surface area contributed by atoms with Crippen LogP contribution >= 0.6 is 11.6 Å². The van der Waals surface area contributed by atoms with Crippen molar-refractivity contribution in [2.45, 2.75) is 27.7 Å². The Kier molecular flexibility index (Phi) is 4.80. The Hall–Kier alpha value is -2.52. The number of allylic oxidation sites excluding steroid dienone is 3. The van der Waals surface area contributed by atoms with Gasteiger partial charge in [-0.3, -0.25) is 0 Å². The molecule has 4 rings (SSSR count). The van der Waals surface area contributed by atoms with E-state index in [9.17, 15) is 0 Å². The first-order valence-corrected chi connectivity index (χ1v) is 10.2. The Bertz CT molecular complexity index is 996. The van der Waals surface area contributed by atoms with Crippen LogP contribution in [-0.2, 0) is 0 Å². The van der Waals surface area contributed by atoms with Gasteiger partial charge in [0.2, 0.25) is 0 Å². The zero-order chi connectivity index (χ0) is 19.9. The third-order valence-electron chi connectivity index (χ3n) is 5.32. The number of anilines is 1. The Morgan fingerprint density at radius 3 is 2.57 bits per heavy atom. The summed E-state index contributed by atoms with van der Waals surface area (Å²) in [6, 6.07) is 10.3. The van der Waals surface area contributed by atoms with Gasteiger partial charge in [0, 0.05) is 58.7 Å². The van der Waals surface area contributed by atoms with Crippen LogP contribution in [0.25, 0.3) is 5.57 Å². The monoisotopic (exact) mass is 392 g/mol. The molecule has 2 aromatic rings. The summed E-state index contributed by atoms with van der Waals surface area (Å²) >= 11 is 6.03. The summed E-state index contributed by atoms with van der Waals surface area (Å²) in [5.74, 6) is 1.79. The van der Waals surface area contributed by atoms with E-state index >= 15 is 0 Å². The fourth-order valence-electron chi connectivity index (χ4n) is 3.82. The van der Waals surface area contributed by atoms with Gasteiger partial charge in [-0.25, -0.2) is 4.98 Å². The zero-order valence-electron chi connectivity index (χ0n) is 16.8. The molecule has 1 aliphatic carbocycles. The fraction of sp³-hybridized carbons (Fsp3) is 0.292. The van der Waals surface area contributed by atoms with Crippen molar-refractivity contribution in [1.29, 1.82) is 0 Å². The second kappa shape index (κ2) is 7.14. The van der Waals surface area contributed by atoms with Gasteiger partial charge in [-0.05, 0) is 44.2 Å². The SMILES string of the molecule is CCN(CC)c1ccc2c(c1)OC1=CC(C)(C)C=CC1=C2c1ccc(Cl)nc1. The highest BCUT2D eigenvalue weighted by atomic mass is 35.5. The topological polar surface area (TPSA) is 25.4 Å². The van der Waals surface area contributed by atoms with E-state index in [1.54, 1.807) is 0 Å². The minimum Gasteiger partial charge on any atom is -0.456 e. The summed E-state index contributed by atoms with van der Waals surface area (Å²) < 4.78 is 6.41. The normalized spacial score (nSPS) is 16.8. The molecule has 0 spiro atoms. The molecule has 2 heterocycles. The summed E-state index contributed by atoms with van der Waals surface area (Å²) in [5.41, 5.74) is 5.47. The van der Waals surface area contributed by atoms with Crippen molar-refractivity contribution >= 4 is 22.9 Å². The number of nitrogens with zero attached hydrogens (tertiary/aromatic N) is 2. The Labute approximate surface area is 172 Å². The highest BCUT2D eigenvalue weighted by Gasteiger charge is 2.29. The molecule has 2 aliphatic rings. The molecule has 0 saturated heterocycles. The van der Waals surface area contributed by atoms with Gasteiger partial charge >= 0.3 is 0 Å². The lowest BCUT2D eigenvalue weighted by molar-refractivity contribution is 0.414. The average molecular weight is 393 g/mol. The Balaban J connectivity index is 1.92. The van der Waals surface area contributed by atoms with Crippen LogP contribution in [-0.4, -0.2) is 18.1 Å². The van der Waals surface area contributed by atoms with Crippen molar-refractivity contribution in [3.8, 4) is 5.75 Å². The molecule has 3 nitrogen and oxygen atoms in total. The van der Waals surface area contributed by atoms with Crippen LogP contribution in [0.3, 0.4) is 0 Å². The van der Waals surface area contributed by atoms with E-state index < -0.39 is 0 Å². The van der Waals surface area contributed by atoms with Gasteiger partial charge in [0.1, 0.15) is 16.7 Å². The molecule has 0 bridgehead atoms. The number of hydrogen-bond acceptors (Lipinski definition) is 3. The van der Waals surface area contributed by atoms with Crippen LogP contribution in [0.2, 0.25) is 5.15 Å². The van der Waals surface area contributed by atoms with Crippen molar-refractivity contribution in [2.24, 2.45) is 5.41 Å². The number of hydrogen-bond donors (Lipinski definition) is 0. The third-order valence-corrected chi connectivity index (χ3v) is 5.54. The summed E-state index contributed by atoms with van der Waals surface area (Å²) in [6.45, 7) is 10.6. The minimum absolute atomic E-state index is 0.0455. The van der Waals surface area contributed by atoms with E-state index in [0.717, 1.165) is 46.9 Å². The number of rotatable bonds is 4. The van der Waals surface area contributed by atoms with Crippen molar-refractivity contribution < 1.29 is 4.74 Å². The van der Waals surface area contributed by atoms with Gasteiger partial charge in [-0.2, -0.15) is 0 Å². The van der Waals surface area contributed by atoms with Crippen LogP contribution in [0.1, 0.15) is 38.8 Å². The fourth-order valence-corrected chi connectivity index (χ4v) is 3.93. The maximum atomic E-state index is 6.41. The van der Waals surface area contributed by atoms with Gasteiger partial charge in [0.25, 0.3) is 0 Å². The van der Waals surface area contributed by atoms with Gasteiger partial charge in [-0.15, -0.1) is 0 Å². The second-order valence-electron chi connectivity index (χ2n) is 7.78. The largest absolute Gasteiger partial charge is 0.456 e. The predicted molar refractivity (Wildman–Crippen MR) is 117 cm³/mol. The van der Waals surface area contributed by atoms with E-state index in [2.05, 4.69) is 74.0 Å². The number of halogens is 1. The highest BCUT2D eigenvalue weighted by Crippen LogP contribution is 2.46. The maximum Gasteiger partial charge on any atom is 0.137 e. The molecule has 1 aromatic heterocycles. The van der Waals surface area contributed by atoms with E-state index in [4.69, 9.17) is 16.3 Å². The van der Waals surface area contributed by atoms with E-state index in [-0.39, 0.29) is 5.41 Å². The van der Waals surface area contributed by atoms with Crippen LogP contribution in [0.15, 0.2) is 66.1 Å². The average Bonchev–Trinajstić information content (AvgIpc) is 2.67. The van der Waals surface area contributed by atoms with Gasteiger partial charge in [-0.1, -0.05) is 37.6 Å². The molecule has 0 atom stereocenters. The van der Waals surface area contributed by atoms with Crippen molar-refractivity contribution in [2.75, 3.05) is 18.0 Å². The first kappa shape index (κ1) is 18.8. The van der Waals surface area contributed by atoms with Crippen LogP contribution in [0, 0.1) is 5.41 Å². The molecule has 144 valence electrons. The number of pyridine rings is 1. The molecule has 0 unspecified atom stereocenters. The first-order valence-electron chi connectivity index (χ1n) is 9.77. The lowest BCUT2D eigenvalue weighted by atomic mass is 9.81. The van der Waals surface area contributed by atoms with E-state index in [1.807, 2.05) is 18.3 Å². The summed E-state index contributed by atoms with van der Waals surface area (Å²) in [6.07, 6.45) is 8.41. The summed E-state index contributed by atoms with van der Waals surface area (Å²) in [7, 11) is 0. The van der Waals surface area contributed by atoms with Gasteiger partial charge in [0.15, 0.2) is 0 Å². The third kappa shape index (κ3) is 3.35. The molecular formula is C24H25ClN2O. The molecular weight excluding hydrogens is 368 g/mol. The Morgan fingerprint density at radius 1 is 1.11 bits per heavy atom. The lowest BCUT2D eigenvalue weighted by Gasteiger charge is -2.31. The van der Waals surface area contributed by atoms with Gasteiger partial charge < -0.3 is 9.64 Å². The number of ether oxygens (including phenoxy) is 1. The van der Waals surface area contributed by atoms with Crippen molar-refractivity contribution in [1.82, 2.24) is 4.98 Å². The molecule has 0 radical (unpaired) electrons. The highest BCUT2D eigenvalue weighted by molar-refractivity contribution is 6.29. The summed E-state index contributed by atoms with van der Waals surface area (Å²) in [4.78, 5) is 6.63. The van der Waals surface area contributed by atoms with Crippen molar-refractivity contribution in [3.63, 3.8) is 0 Å². The van der Waals surface area contributed by atoms with Crippen LogP contribution < -0.4 is 9.64 Å². The van der Waals surface area contributed by atoms with Crippen LogP contribution in [0.4, 0.5) is 5.69 Å². The molecule has 28 heavy (non-hydrogen) atoms. The number of aromatic nitrogens is 1. The predicted octanol–water partition coefficient (Wildman–Crippen LogP) is 6.26. The molecule has 0 fully saturated rings. The molecule has 1 aromatic carbocycles. The zero-order valence-corrected chi connectivity index (χ0v) is 17.5. The maximum absolute atomic E-state index is 6.41. The molecule has 4 heteroatoms. The van der Waals surface area contributed by atoms with Crippen molar-refractivity contribution in [3.05, 3.63) is 82.4 Å². The second-order valence-corrected chi connectivity index (χ2v) is 8.16. The smallest absolute Gasteiger partial charge is 0.137 e. The molecule has 1 aliphatic heterocycles. The number of fused-ring (bicyclic) bond motifs is 2. The number of benzene rings is 1. The van der Waals surface area contributed by atoms with Crippen LogP contribution in [0.5, 0.6) is 5.75 Å². The van der Waals surface area contributed by atoms with E-state index in [0.29, 0.717) is 5.15 Å². The summed E-state index contributed by atoms with van der Waals surface area (Å²) in [5, 5.41) is 0.495. The standard InChI is InChI=1S/C24H25ClN2O/c1-5-27(6-2)17-8-9-18-20(13-17)28-21-14-24(3,4)12-11-19(21)23(18)16-7-10-22(25)26-15-16/h7-15H,5-6H2,1-4H3. The Morgan fingerprint density at radius 2 is 1.89 bits per heavy atom. The molecule has 0 N–H and O–H groups in total. The minimum atomic E-state index is -0.0455. The molecule has 0 amide bonds. The lowest BCUT2D eigenvalue weighted by Crippen LogP contribution is -2.22. The quantitative estimate of drug-likeness (QED) is 0.574. The van der Waals surface area contributed by atoms with Gasteiger partial charge in [0.05, 0.1) is 0 Å². The molecule has 0 saturated carbocycles.